The van der Waals surface area contributed by atoms with E-state index in [2.05, 4.69) is 15.4 Å². The summed E-state index contributed by atoms with van der Waals surface area (Å²) in [5.41, 5.74) is -2.94. The number of thioether (sulfide) groups is 2. The van der Waals surface area contributed by atoms with E-state index in [1.165, 1.54) is 42.1 Å². The Hall–Kier alpha value is -3.88. The van der Waals surface area contributed by atoms with Crippen molar-refractivity contribution in [1.82, 2.24) is 0 Å². The Bertz CT molecular complexity index is 1620. The predicted molar refractivity (Wildman–Crippen MR) is 152 cm³/mol. The van der Waals surface area contributed by atoms with Crippen molar-refractivity contribution in [3.63, 3.8) is 0 Å². The Balaban J connectivity index is 1.31. The van der Waals surface area contributed by atoms with Gasteiger partial charge in [0.1, 0.15) is 11.6 Å². The van der Waals surface area contributed by atoms with Crippen LogP contribution < -0.4 is 15.4 Å². The van der Waals surface area contributed by atoms with Crippen molar-refractivity contribution in [2.45, 2.75) is 25.9 Å². The molecule has 4 aromatic rings. The van der Waals surface area contributed by atoms with Gasteiger partial charge in [0.2, 0.25) is 0 Å². The monoisotopic (exact) mass is 623 g/mol. The molecule has 0 spiro atoms. The highest BCUT2D eigenvalue weighted by molar-refractivity contribution is 8.00. The van der Waals surface area contributed by atoms with Crippen molar-refractivity contribution in [2.75, 3.05) is 15.4 Å². The highest BCUT2D eigenvalue weighted by Gasteiger charge is 2.29. The van der Waals surface area contributed by atoms with Crippen molar-refractivity contribution < 1.29 is 35.9 Å². The first kappa shape index (κ1) is 30.1. The maximum atomic E-state index is 13.1. The zero-order valence-corrected chi connectivity index (χ0v) is 23.2. The molecule has 0 aliphatic rings. The molecule has 0 saturated carbocycles. The standard InChI is InChI=1S/C27H21F4N3O4S3/c28-18-3-12-23(13-4-18)41(37,38)34-24-15-20(7-14-25(24)35)33-26(36)32-19-5-1-17(2-6-19)16-39-21-8-10-22(11-9-21)40-27(29,30)31/h1-15,34-35H,16H2,(H2,32,33,36). The molecule has 2 amide bonds. The van der Waals surface area contributed by atoms with E-state index in [1.807, 2.05) is 0 Å². The summed E-state index contributed by atoms with van der Waals surface area (Å²) >= 11 is 1.29. The molecule has 0 aliphatic heterocycles. The lowest BCUT2D eigenvalue weighted by Gasteiger charge is -2.13. The van der Waals surface area contributed by atoms with Gasteiger partial charge in [-0.2, -0.15) is 13.2 Å². The molecule has 0 heterocycles. The van der Waals surface area contributed by atoms with Gasteiger partial charge in [-0.3, -0.25) is 4.72 Å². The number of sulfonamides is 1. The number of halogens is 4. The van der Waals surface area contributed by atoms with Gasteiger partial charge >= 0.3 is 11.5 Å². The molecule has 0 radical (unpaired) electrons. The molecule has 4 rings (SSSR count). The normalized spacial score (nSPS) is 11.6. The number of anilines is 3. The second kappa shape index (κ2) is 12.7. The summed E-state index contributed by atoms with van der Waals surface area (Å²) in [4.78, 5) is 13.2. The number of carbonyl (C=O) groups is 1. The van der Waals surface area contributed by atoms with E-state index in [4.69, 9.17) is 0 Å². The van der Waals surface area contributed by atoms with Crippen LogP contribution in [0.1, 0.15) is 5.56 Å². The molecule has 7 nitrogen and oxygen atoms in total. The molecule has 0 aromatic heterocycles. The van der Waals surface area contributed by atoms with Gasteiger partial charge in [-0.25, -0.2) is 17.6 Å². The summed E-state index contributed by atoms with van der Waals surface area (Å²) in [7, 11) is -4.13. The smallest absolute Gasteiger partial charge is 0.446 e. The van der Waals surface area contributed by atoms with Gasteiger partial charge in [0.05, 0.1) is 10.6 Å². The second-order valence-electron chi connectivity index (χ2n) is 8.38. The molecule has 14 heteroatoms. The van der Waals surface area contributed by atoms with Gasteiger partial charge in [0.15, 0.2) is 0 Å². The molecular weight excluding hydrogens is 603 g/mol. The van der Waals surface area contributed by atoms with Crippen molar-refractivity contribution in [1.29, 1.82) is 0 Å². The minimum Gasteiger partial charge on any atom is -0.506 e. The Morgan fingerprint density at radius 1 is 0.805 bits per heavy atom. The molecular formula is C27H21F4N3O4S3. The van der Waals surface area contributed by atoms with Crippen molar-refractivity contribution >= 4 is 56.6 Å². The molecule has 4 N–H and O–H groups in total. The Labute approximate surface area is 241 Å². The van der Waals surface area contributed by atoms with Crippen molar-refractivity contribution in [3.05, 3.63) is 102 Å². The third-order valence-electron chi connectivity index (χ3n) is 5.30. The first-order valence-corrected chi connectivity index (χ1v) is 14.9. The maximum Gasteiger partial charge on any atom is 0.446 e. The van der Waals surface area contributed by atoms with E-state index in [9.17, 15) is 35.9 Å². The lowest BCUT2D eigenvalue weighted by molar-refractivity contribution is -0.0328. The number of rotatable bonds is 9. The summed E-state index contributed by atoms with van der Waals surface area (Å²) in [5.74, 6) is -0.429. The summed E-state index contributed by atoms with van der Waals surface area (Å²) < 4.78 is 77.9. The minimum atomic E-state index is -4.33. The maximum absolute atomic E-state index is 13.1. The molecule has 41 heavy (non-hydrogen) atoms. The van der Waals surface area contributed by atoms with Crippen LogP contribution in [0.5, 0.6) is 5.75 Å². The van der Waals surface area contributed by atoms with Crippen LogP contribution in [0.4, 0.5) is 39.4 Å². The molecule has 214 valence electrons. The number of amides is 2. The number of hydrogen-bond acceptors (Lipinski definition) is 6. The van der Waals surface area contributed by atoms with Crippen molar-refractivity contribution in [2.24, 2.45) is 0 Å². The minimum absolute atomic E-state index is 0.116. The number of urea groups is 1. The summed E-state index contributed by atoms with van der Waals surface area (Å²) in [6.45, 7) is 0. The van der Waals surface area contributed by atoms with Crippen LogP contribution in [0.2, 0.25) is 0 Å². The number of phenolic OH excluding ortho intramolecular Hbond substituents is 1. The van der Waals surface area contributed by atoms with E-state index < -0.39 is 27.4 Å². The Morgan fingerprint density at radius 2 is 1.39 bits per heavy atom. The van der Waals surface area contributed by atoms with E-state index in [0.717, 1.165) is 34.7 Å². The van der Waals surface area contributed by atoms with Crippen LogP contribution >= 0.6 is 23.5 Å². The average Bonchev–Trinajstić information content (AvgIpc) is 2.90. The third-order valence-corrected chi connectivity index (χ3v) is 8.50. The third kappa shape index (κ3) is 9.06. The fourth-order valence-electron chi connectivity index (χ4n) is 3.39. The SMILES string of the molecule is O=C(Nc1ccc(CSc2ccc(SC(F)(F)F)cc2)cc1)Nc1ccc(O)c(NS(=O)(=O)c2ccc(F)cc2)c1. The fourth-order valence-corrected chi connectivity index (χ4v) is 5.85. The Kier molecular flexibility index (Phi) is 9.35. The van der Waals surface area contributed by atoms with Crippen molar-refractivity contribution in [3.8, 4) is 5.75 Å². The number of carbonyl (C=O) groups excluding carboxylic acids is 1. The zero-order valence-electron chi connectivity index (χ0n) is 20.8. The Morgan fingerprint density at radius 3 is 2.02 bits per heavy atom. The van der Waals surface area contributed by atoms with E-state index >= 15 is 0 Å². The quantitative estimate of drug-likeness (QED) is 0.0654. The molecule has 0 fully saturated rings. The summed E-state index contributed by atoms with van der Waals surface area (Å²) in [6, 6.07) is 20.3. The predicted octanol–water partition coefficient (Wildman–Crippen LogP) is 7.88. The zero-order chi connectivity index (χ0) is 29.6. The second-order valence-corrected chi connectivity index (χ2v) is 12.2. The van der Waals surface area contributed by atoms with Crippen LogP contribution in [0.25, 0.3) is 0 Å². The molecule has 0 atom stereocenters. The van der Waals surface area contributed by atoms with Gasteiger partial charge < -0.3 is 15.7 Å². The summed E-state index contributed by atoms with van der Waals surface area (Å²) in [6.07, 6.45) is 0. The van der Waals surface area contributed by atoms with Crippen LogP contribution in [0.3, 0.4) is 0 Å². The van der Waals surface area contributed by atoms with Gasteiger partial charge in [-0.1, -0.05) is 12.1 Å². The average molecular weight is 624 g/mol. The molecule has 0 saturated heterocycles. The highest BCUT2D eigenvalue weighted by atomic mass is 32.2. The highest BCUT2D eigenvalue weighted by Crippen LogP contribution is 2.37. The van der Waals surface area contributed by atoms with Crippen LogP contribution in [-0.2, 0) is 15.8 Å². The van der Waals surface area contributed by atoms with Gasteiger partial charge in [0, 0.05) is 26.9 Å². The van der Waals surface area contributed by atoms with Crippen LogP contribution in [-0.4, -0.2) is 25.1 Å². The molecule has 0 aliphatic carbocycles. The number of benzene rings is 4. The number of nitrogens with one attached hydrogen (secondary N) is 3. The number of phenols is 1. The number of hydrogen-bond donors (Lipinski definition) is 4. The van der Waals surface area contributed by atoms with Gasteiger partial charge in [-0.05, 0) is 96.2 Å². The lowest BCUT2D eigenvalue weighted by atomic mass is 10.2. The first-order valence-electron chi connectivity index (χ1n) is 11.6. The van der Waals surface area contributed by atoms with Crippen LogP contribution in [0, 0.1) is 5.82 Å². The molecule has 0 bridgehead atoms. The van der Waals surface area contributed by atoms with Crippen LogP contribution in [0.15, 0.2) is 106 Å². The topological polar surface area (TPSA) is 108 Å². The van der Waals surface area contributed by atoms with E-state index in [0.29, 0.717) is 11.4 Å². The number of aromatic hydroxyl groups is 1. The fraction of sp³-hybridized carbons (Fsp3) is 0.0741. The van der Waals surface area contributed by atoms with Gasteiger partial charge in [0.25, 0.3) is 10.0 Å². The molecule has 0 unspecified atom stereocenters. The largest absolute Gasteiger partial charge is 0.506 e. The first-order chi connectivity index (χ1) is 19.4. The number of alkyl halides is 3. The van der Waals surface area contributed by atoms with E-state index in [1.54, 1.807) is 36.4 Å². The lowest BCUT2D eigenvalue weighted by Crippen LogP contribution is -2.19. The summed E-state index contributed by atoms with van der Waals surface area (Å²) in [5, 5.41) is 15.3. The van der Waals surface area contributed by atoms with E-state index in [-0.39, 0.29) is 38.7 Å². The van der Waals surface area contributed by atoms with Gasteiger partial charge in [-0.15, -0.1) is 11.8 Å². The molecule has 4 aromatic carbocycles.